The molecule has 13 heteroatoms. The van der Waals surface area contributed by atoms with E-state index in [4.69, 9.17) is 10.3 Å². The van der Waals surface area contributed by atoms with E-state index in [-0.39, 0.29) is 17.6 Å². The van der Waals surface area contributed by atoms with Crippen LogP contribution in [0.3, 0.4) is 0 Å². The average molecular weight is 524 g/mol. The van der Waals surface area contributed by atoms with E-state index in [0.717, 1.165) is 5.56 Å². The Bertz CT molecular complexity index is 1410. The van der Waals surface area contributed by atoms with Gasteiger partial charge < -0.3 is 20.3 Å². The van der Waals surface area contributed by atoms with Crippen molar-refractivity contribution in [3.63, 3.8) is 0 Å². The third-order valence-corrected chi connectivity index (χ3v) is 7.04. The zero-order chi connectivity index (χ0) is 26.9. The van der Waals surface area contributed by atoms with Gasteiger partial charge in [-0.2, -0.15) is 15.4 Å². The Labute approximate surface area is 217 Å². The number of rotatable bonds is 9. The molecule has 2 aromatic heterocycles. The number of halogens is 2. The van der Waals surface area contributed by atoms with E-state index in [9.17, 15) is 18.8 Å². The largest absolute Gasteiger partial charge is 0.479 e. The number of hydrogen-bond acceptors (Lipinski definition) is 9. The molecule has 2 fully saturated rings. The molecule has 2 aliphatic rings. The fourth-order valence-corrected chi connectivity index (χ4v) is 4.77. The number of methoxy groups -OCH3 is 1. The number of alkyl halides is 2. The highest BCUT2D eigenvalue weighted by molar-refractivity contribution is 5.88. The summed E-state index contributed by atoms with van der Waals surface area (Å²) in [7, 11) is 1.51. The quantitative estimate of drug-likeness (QED) is 0.352. The van der Waals surface area contributed by atoms with Crippen LogP contribution >= 0.6 is 0 Å². The zero-order valence-corrected chi connectivity index (χ0v) is 20.7. The van der Waals surface area contributed by atoms with Crippen LogP contribution in [0.4, 0.5) is 26.1 Å². The Morgan fingerprint density at radius 2 is 2.11 bits per heavy atom. The maximum Gasteiger partial charge on any atom is 0.255 e. The summed E-state index contributed by atoms with van der Waals surface area (Å²) in [5.41, 5.74) is 9.11. The van der Waals surface area contributed by atoms with Gasteiger partial charge in [0.2, 0.25) is 17.7 Å². The van der Waals surface area contributed by atoms with Crippen molar-refractivity contribution in [2.75, 3.05) is 37.4 Å². The fourth-order valence-electron chi connectivity index (χ4n) is 4.77. The molecule has 0 atom stereocenters. The summed E-state index contributed by atoms with van der Waals surface area (Å²) in [5.74, 6) is 0.644. The average Bonchev–Trinajstić information content (AvgIpc) is 3.63. The van der Waals surface area contributed by atoms with Crippen LogP contribution in [-0.4, -0.2) is 64.6 Å². The highest BCUT2D eigenvalue weighted by Crippen LogP contribution is 2.46. The summed E-state index contributed by atoms with van der Waals surface area (Å²) in [5, 5.41) is 23.3. The van der Waals surface area contributed by atoms with E-state index in [1.165, 1.54) is 7.11 Å². The lowest BCUT2D eigenvalue weighted by atomic mass is 10.0. The Hall–Kier alpha value is -4.34. The topological polar surface area (TPSA) is 144 Å². The van der Waals surface area contributed by atoms with Crippen LogP contribution in [0.25, 0.3) is 16.6 Å². The molecular formula is C25H27F2N9O2. The van der Waals surface area contributed by atoms with Crippen molar-refractivity contribution in [3.8, 4) is 23.1 Å². The molecule has 0 unspecified atom stereocenters. The first-order valence-corrected chi connectivity index (χ1v) is 12.3. The zero-order valence-electron chi connectivity index (χ0n) is 20.7. The number of nitriles is 1. The number of carbonyl (C=O) groups excluding carboxylic acids is 1. The molecule has 1 amide bonds. The maximum atomic E-state index is 12.8. The van der Waals surface area contributed by atoms with Crippen molar-refractivity contribution in [2.24, 2.45) is 10.5 Å². The lowest BCUT2D eigenvalue weighted by Gasteiger charge is -2.33. The Morgan fingerprint density at radius 3 is 2.74 bits per heavy atom. The minimum absolute atomic E-state index is 0.0538. The monoisotopic (exact) mass is 523 g/mol. The van der Waals surface area contributed by atoms with Crippen molar-refractivity contribution in [3.05, 3.63) is 30.5 Å². The van der Waals surface area contributed by atoms with Gasteiger partial charge in [0.1, 0.15) is 16.6 Å². The summed E-state index contributed by atoms with van der Waals surface area (Å²) in [4.78, 5) is 19.0. The highest BCUT2D eigenvalue weighted by Gasteiger charge is 2.52. The van der Waals surface area contributed by atoms with E-state index in [1.54, 1.807) is 33.8 Å². The fraction of sp³-hybridized carbons (Fsp3) is 0.440. The van der Waals surface area contributed by atoms with Crippen molar-refractivity contribution in [1.29, 1.82) is 10.8 Å². The number of anilines is 2. The molecule has 1 aliphatic heterocycles. The van der Waals surface area contributed by atoms with Crippen LogP contribution in [0.5, 0.6) is 5.88 Å². The first-order valence-electron chi connectivity index (χ1n) is 12.3. The smallest absolute Gasteiger partial charge is 0.255 e. The third-order valence-electron chi connectivity index (χ3n) is 7.04. The number of ether oxygens (including phenoxy) is 1. The number of amides is 1. The van der Waals surface area contributed by atoms with Crippen molar-refractivity contribution >= 4 is 28.7 Å². The number of nitrogens with one attached hydrogen (secondary N) is 3. The second kappa shape index (κ2) is 10.2. The van der Waals surface area contributed by atoms with Gasteiger partial charge in [-0.3, -0.25) is 4.79 Å². The van der Waals surface area contributed by atoms with Gasteiger partial charge in [0.15, 0.2) is 0 Å². The molecule has 38 heavy (non-hydrogen) atoms. The van der Waals surface area contributed by atoms with Crippen molar-refractivity contribution in [2.45, 2.75) is 38.2 Å². The first kappa shape index (κ1) is 25.3. The molecule has 5 rings (SSSR count). The van der Waals surface area contributed by atoms with E-state index >= 15 is 0 Å². The van der Waals surface area contributed by atoms with E-state index in [0.29, 0.717) is 67.4 Å². The standard InChI is InChI=1S/C25H27F2N9O2/c1-38-22-21-17(15-2-3-18(33-29)19(12-15)30-13-20(26)27)6-11-36(21)34-24(32-22)31-16-4-9-35(10-5-16)23(37)25(14-28)7-8-25/h2-3,6,11-12,16,20,29-30H,4-5,7-10,13H2,1H3,(H,31,34). The number of benzene rings is 1. The lowest BCUT2D eigenvalue weighted by molar-refractivity contribution is -0.135. The predicted octanol–water partition coefficient (Wildman–Crippen LogP) is 4.45. The predicted molar refractivity (Wildman–Crippen MR) is 135 cm³/mol. The number of fused-ring (bicyclic) bond motifs is 1. The molecule has 11 nitrogen and oxygen atoms in total. The number of likely N-dealkylation sites (tertiary alicyclic amines) is 1. The van der Waals surface area contributed by atoms with Gasteiger partial charge in [-0.15, -0.1) is 5.10 Å². The Morgan fingerprint density at radius 1 is 1.34 bits per heavy atom. The molecular weight excluding hydrogens is 496 g/mol. The van der Waals surface area contributed by atoms with Crippen LogP contribution in [-0.2, 0) is 4.79 Å². The number of nitrogens with zero attached hydrogens (tertiary/aromatic N) is 6. The second-order valence-corrected chi connectivity index (χ2v) is 9.49. The molecule has 3 heterocycles. The second-order valence-electron chi connectivity index (χ2n) is 9.49. The molecule has 3 N–H and O–H groups in total. The van der Waals surface area contributed by atoms with Crippen LogP contribution in [0, 0.1) is 22.3 Å². The van der Waals surface area contributed by atoms with Crippen LogP contribution < -0.4 is 15.4 Å². The van der Waals surface area contributed by atoms with E-state index < -0.39 is 18.4 Å². The molecule has 1 saturated carbocycles. The molecule has 1 aromatic carbocycles. The van der Waals surface area contributed by atoms with E-state index in [1.807, 2.05) is 6.07 Å². The molecule has 0 radical (unpaired) electrons. The molecule has 0 spiro atoms. The molecule has 198 valence electrons. The third kappa shape index (κ3) is 4.81. The van der Waals surface area contributed by atoms with Crippen molar-refractivity contribution < 1.29 is 18.3 Å². The van der Waals surface area contributed by atoms with Gasteiger partial charge >= 0.3 is 0 Å². The van der Waals surface area contributed by atoms with Gasteiger partial charge in [0.05, 0.1) is 25.4 Å². The number of aromatic nitrogens is 3. The van der Waals surface area contributed by atoms with Gasteiger partial charge in [-0.25, -0.2) is 18.8 Å². The molecule has 3 aromatic rings. The van der Waals surface area contributed by atoms with Gasteiger partial charge in [-0.1, -0.05) is 6.07 Å². The van der Waals surface area contributed by atoms with Gasteiger partial charge in [0.25, 0.3) is 6.43 Å². The number of hydrogen-bond donors (Lipinski definition) is 3. The summed E-state index contributed by atoms with van der Waals surface area (Å²) >= 11 is 0. The van der Waals surface area contributed by atoms with Gasteiger partial charge in [0, 0.05) is 30.9 Å². The molecule has 1 saturated heterocycles. The van der Waals surface area contributed by atoms with Crippen LogP contribution in [0.2, 0.25) is 0 Å². The molecule has 1 aliphatic carbocycles. The summed E-state index contributed by atoms with van der Waals surface area (Å²) in [6, 6.07) is 9.04. The summed E-state index contributed by atoms with van der Waals surface area (Å²) in [6.45, 7) is 0.571. The lowest BCUT2D eigenvalue weighted by Crippen LogP contribution is -2.45. The Balaban J connectivity index is 1.34. The number of carbonyl (C=O) groups is 1. The van der Waals surface area contributed by atoms with Crippen LogP contribution in [0.15, 0.2) is 35.6 Å². The molecule has 0 bridgehead atoms. The SMILES string of the molecule is COc1nc(NC2CCN(C(=O)C3(C#N)CC3)CC2)nn2ccc(-c3ccc(N=N)c(NCC(F)F)c3)c12. The van der Waals surface area contributed by atoms with Crippen LogP contribution in [0.1, 0.15) is 25.7 Å². The first-order chi connectivity index (χ1) is 18.4. The highest BCUT2D eigenvalue weighted by atomic mass is 19.3. The number of piperidine rings is 1. The normalized spacial score (nSPS) is 16.8. The Kier molecular flexibility index (Phi) is 6.79. The summed E-state index contributed by atoms with van der Waals surface area (Å²) < 4.78 is 32.7. The van der Waals surface area contributed by atoms with Crippen molar-refractivity contribution in [1.82, 2.24) is 19.5 Å². The van der Waals surface area contributed by atoms with E-state index in [2.05, 4.69) is 31.9 Å². The van der Waals surface area contributed by atoms with Gasteiger partial charge in [-0.05, 0) is 49.4 Å². The summed E-state index contributed by atoms with van der Waals surface area (Å²) in [6.07, 6.45) is 1.90. The minimum Gasteiger partial charge on any atom is -0.479 e. The maximum absolute atomic E-state index is 12.8. The minimum atomic E-state index is -2.55.